The summed E-state index contributed by atoms with van der Waals surface area (Å²) in [4.78, 5) is 29.7. The number of carbonyl (C=O) groups excluding carboxylic acids is 2. The van der Waals surface area contributed by atoms with Gasteiger partial charge >= 0.3 is 0 Å². The normalized spacial score (nSPS) is 16.3. The Labute approximate surface area is 174 Å². The first-order valence-electron chi connectivity index (χ1n) is 9.67. The number of pyridine rings is 1. The van der Waals surface area contributed by atoms with Crippen molar-refractivity contribution in [3.8, 4) is 17.6 Å². The fraction of sp³-hybridized carbons (Fsp3) is 0.429. The zero-order valence-electron chi connectivity index (χ0n) is 17.0. The highest BCUT2D eigenvalue weighted by Gasteiger charge is 2.25. The number of benzene rings is 1. The Morgan fingerprint density at radius 3 is 2.90 bits per heavy atom. The van der Waals surface area contributed by atoms with E-state index in [0.29, 0.717) is 42.1 Å². The van der Waals surface area contributed by atoms with Gasteiger partial charge in [-0.2, -0.15) is 5.26 Å². The van der Waals surface area contributed by atoms with Gasteiger partial charge in [-0.15, -0.1) is 0 Å². The predicted octanol–water partition coefficient (Wildman–Crippen LogP) is 1.64. The molecule has 2 amide bonds. The predicted molar refractivity (Wildman–Crippen MR) is 108 cm³/mol. The average molecular weight is 412 g/mol. The molecule has 1 unspecified atom stereocenters. The van der Waals surface area contributed by atoms with Crippen molar-refractivity contribution in [2.45, 2.75) is 32.5 Å². The summed E-state index contributed by atoms with van der Waals surface area (Å²) in [5, 5.41) is 9.39. The van der Waals surface area contributed by atoms with Crippen molar-refractivity contribution in [3.63, 3.8) is 0 Å². The average Bonchev–Trinajstić information content (AvgIpc) is 2.71. The highest BCUT2D eigenvalue weighted by Crippen LogP contribution is 2.31. The molecule has 1 fully saturated rings. The van der Waals surface area contributed by atoms with Gasteiger partial charge in [0.1, 0.15) is 30.6 Å². The van der Waals surface area contributed by atoms with Gasteiger partial charge in [-0.25, -0.2) is 0 Å². The van der Waals surface area contributed by atoms with E-state index in [1.165, 1.54) is 0 Å². The number of nitriles is 1. The number of morpholine rings is 1. The van der Waals surface area contributed by atoms with E-state index in [9.17, 15) is 9.59 Å². The van der Waals surface area contributed by atoms with Crippen molar-refractivity contribution in [1.82, 2.24) is 9.88 Å². The summed E-state index contributed by atoms with van der Waals surface area (Å²) in [6.07, 6.45) is 0.967. The largest absolute Gasteiger partial charge is 0.490 e. The SMILES string of the molecule is CC(C)Oc1cc2c(OCC3CN(C(=O)CC#N)CCO3)ccnc2cc1C(N)=O. The molecule has 1 aliphatic heterocycles. The summed E-state index contributed by atoms with van der Waals surface area (Å²) < 4.78 is 17.4. The Hall–Kier alpha value is -3.38. The molecule has 2 N–H and O–H groups in total. The third-order valence-corrected chi connectivity index (χ3v) is 4.58. The van der Waals surface area contributed by atoms with Crippen molar-refractivity contribution >= 4 is 22.7 Å². The summed E-state index contributed by atoms with van der Waals surface area (Å²) in [5.41, 5.74) is 6.29. The van der Waals surface area contributed by atoms with Crippen molar-refractivity contribution in [1.29, 1.82) is 5.26 Å². The lowest BCUT2D eigenvalue weighted by atomic mass is 10.1. The number of fused-ring (bicyclic) bond motifs is 1. The van der Waals surface area contributed by atoms with Gasteiger partial charge in [-0.05, 0) is 32.0 Å². The number of primary amides is 1. The number of rotatable bonds is 7. The first-order chi connectivity index (χ1) is 14.4. The number of hydrogen-bond acceptors (Lipinski definition) is 7. The minimum atomic E-state index is -0.599. The Morgan fingerprint density at radius 2 is 2.20 bits per heavy atom. The van der Waals surface area contributed by atoms with Crippen molar-refractivity contribution in [2.24, 2.45) is 5.73 Å². The summed E-state index contributed by atoms with van der Waals surface area (Å²) in [6, 6.07) is 6.87. The first kappa shape index (κ1) is 21.3. The Kier molecular flexibility index (Phi) is 6.69. The van der Waals surface area contributed by atoms with Crippen molar-refractivity contribution < 1.29 is 23.8 Å². The van der Waals surface area contributed by atoms with Gasteiger partial charge in [0.15, 0.2) is 0 Å². The van der Waals surface area contributed by atoms with E-state index in [-0.39, 0.29) is 36.7 Å². The lowest BCUT2D eigenvalue weighted by Gasteiger charge is -2.32. The monoisotopic (exact) mass is 412 g/mol. The lowest BCUT2D eigenvalue weighted by molar-refractivity contribution is -0.138. The van der Waals surface area contributed by atoms with Crippen LogP contribution in [-0.4, -0.2) is 60.2 Å². The maximum atomic E-state index is 12.0. The van der Waals surface area contributed by atoms with Crippen LogP contribution in [0.2, 0.25) is 0 Å². The number of hydrogen-bond donors (Lipinski definition) is 1. The van der Waals surface area contributed by atoms with E-state index >= 15 is 0 Å². The number of ether oxygens (including phenoxy) is 3. The minimum Gasteiger partial charge on any atom is -0.490 e. The number of aromatic nitrogens is 1. The molecule has 0 spiro atoms. The Morgan fingerprint density at radius 1 is 1.40 bits per heavy atom. The third kappa shape index (κ3) is 4.96. The molecular weight excluding hydrogens is 388 g/mol. The van der Waals surface area contributed by atoms with E-state index < -0.39 is 5.91 Å². The molecule has 9 nitrogen and oxygen atoms in total. The molecule has 0 bridgehead atoms. The molecule has 1 aliphatic rings. The molecule has 2 heterocycles. The van der Waals surface area contributed by atoms with Gasteiger partial charge in [0.2, 0.25) is 5.91 Å². The van der Waals surface area contributed by atoms with Crippen LogP contribution >= 0.6 is 0 Å². The van der Waals surface area contributed by atoms with E-state index in [4.69, 9.17) is 25.2 Å². The van der Waals surface area contributed by atoms with Crippen LogP contribution in [0.25, 0.3) is 10.9 Å². The molecule has 1 aromatic heterocycles. The quantitative estimate of drug-likeness (QED) is 0.732. The van der Waals surface area contributed by atoms with Crippen LogP contribution in [0.4, 0.5) is 0 Å². The molecule has 0 aliphatic carbocycles. The van der Waals surface area contributed by atoms with Gasteiger partial charge in [0.25, 0.3) is 5.91 Å². The van der Waals surface area contributed by atoms with Crippen LogP contribution in [0.15, 0.2) is 24.4 Å². The zero-order chi connectivity index (χ0) is 21.7. The van der Waals surface area contributed by atoms with Gasteiger partial charge in [-0.3, -0.25) is 14.6 Å². The number of nitrogens with zero attached hydrogens (tertiary/aromatic N) is 3. The number of nitrogens with two attached hydrogens (primary N) is 1. The second-order valence-corrected chi connectivity index (χ2v) is 7.18. The van der Waals surface area contributed by atoms with Gasteiger partial charge in [-0.1, -0.05) is 0 Å². The maximum Gasteiger partial charge on any atom is 0.252 e. The first-order valence-corrected chi connectivity index (χ1v) is 9.67. The molecule has 3 rings (SSSR count). The molecule has 2 aromatic rings. The van der Waals surface area contributed by atoms with Crippen LogP contribution in [0.5, 0.6) is 11.5 Å². The molecule has 0 saturated carbocycles. The molecule has 0 radical (unpaired) electrons. The fourth-order valence-electron chi connectivity index (χ4n) is 3.23. The Balaban J connectivity index is 1.80. The molecule has 30 heavy (non-hydrogen) atoms. The van der Waals surface area contributed by atoms with Crippen LogP contribution < -0.4 is 15.2 Å². The molecule has 9 heteroatoms. The van der Waals surface area contributed by atoms with Crippen LogP contribution in [0, 0.1) is 11.3 Å². The number of amides is 2. The third-order valence-electron chi connectivity index (χ3n) is 4.58. The lowest BCUT2D eigenvalue weighted by Crippen LogP contribution is -2.47. The Bertz CT molecular complexity index is 985. The topological polar surface area (TPSA) is 128 Å². The summed E-state index contributed by atoms with van der Waals surface area (Å²) in [5.74, 6) is 0.103. The smallest absolute Gasteiger partial charge is 0.252 e. The number of carbonyl (C=O) groups is 2. The molecule has 1 atom stereocenters. The molecule has 1 aromatic carbocycles. The summed E-state index contributed by atoms with van der Waals surface area (Å²) >= 11 is 0. The van der Waals surface area contributed by atoms with Crippen molar-refractivity contribution in [2.75, 3.05) is 26.3 Å². The zero-order valence-corrected chi connectivity index (χ0v) is 17.0. The summed E-state index contributed by atoms with van der Waals surface area (Å²) in [7, 11) is 0. The van der Waals surface area contributed by atoms with E-state index in [2.05, 4.69) is 4.98 Å². The molecular formula is C21H24N4O5. The van der Waals surface area contributed by atoms with E-state index in [1.54, 1.807) is 29.3 Å². The molecule has 158 valence electrons. The van der Waals surface area contributed by atoms with Gasteiger partial charge in [0, 0.05) is 18.1 Å². The highest BCUT2D eigenvalue weighted by atomic mass is 16.5. The van der Waals surface area contributed by atoms with E-state index in [1.807, 2.05) is 19.9 Å². The van der Waals surface area contributed by atoms with Gasteiger partial charge < -0.3 is 24.8 Å². The second-order valence-electron chi connectivity index (χ2n) is 7.18. The standard InChI is InChI=1S/C21H24N4O5/c1-13(2)30-19-10-15-17(9-16(19)21(23)27)24-6-4-18(15)29-12-14-11-25(7-8-28-14)20(26)3-5-22/h4,6,9-10,13-14H,3,7-8,11-12H2,1-2H3,(H2,23,27). The van der Waals surface area contributed by atoms with Crippen LogP contribution in [0.3, 0.4) is 0 Å². The van der Waals surface area contributed by atoms with Crippen molar-refractivity contribution in [3.05, 3.63) is 30.0 Å². The summed E-state index contributed by atoms with van der Waals surface area (Å²) in [6.45, 7) is 5.13. The maximum absolute atomic E-state index is 12.0. The second kappa shape index (κ2) is 9.41. The minimum absolute atomic E-state index is 0.144. The molecule has 1 saturated heterocycles. The van der Waals surface area contributed by atoms with Crippen LogP contribution in [0.1, 0.15) is 30.6 Å². The van der Waals surface area contributed by atoms with E-state index in [0.717, 1.165) is 0 Å². The van der Waals surface area contributed by atoms with Crippen LogP contribution in [-0.2, 0) is 9.53 Å². The fourth-order valence-corrected chi connectivity index (χ4v) is 3.23. The highest BCUT2D eigenvalue weighted by molar-refractivity contribution is 6.01. The van der Waals surface area contributed by atoms with Gasteiger partial charge in [0.05, 0.1) is 36.4 Å².